The van der Waals surface area contributed by atoms with Gasteiger partial charge in [0.1, 0.15) is 0 Å². The summed E-state index contributed by atoms with van der Waals surface area (Å²) in [6.45, 7) is 2.27. The summed E-state index contributed by atoms with van der Waals surface area (Å²) in [5.74, 6) is -0.0511. The summed E-state index contributed by atoms with van der Waals surface area (Å²) >= 11 is 6.77. The summed E-state index contributed by atoms with van der Waals surface area (Å²) in [4.78, 5) is 17.4. The van der Waals surface area contributed by atoms with E-state index < -0.39 is 0 Å². The molecule has 0 spiro atoms. The molecule has 0 unspecified atom stereocenters. The molecular weight excluding hydrogens is 348 g/mol. The van der Waals surface area contributed by atoms with Gasteiger partial charge in [0.05, 0.1) is 10.6 Å². The van der Waals surface area contributed by atoms with E-state index in [2.05, 4.69) is 29.2 Å². The van der Waals surface area contributed by atoms with Crippen LogP contribution in [0.15, 0.2) is 59.5 Å². The van der Waals surface area contributed by atoms with Crippen molar-refractivity contribution in [3.63, 3.8) is 0 Å². The summed E-state index contributed by atoms with van der Waals surface area (Å²) in [5.41, 5.74) is 3.10. The highest BCUT2D eigenvalue weighted by Crippen LogP contribution is 2.36. The average molecular weight is 367 g/mol. The van der Waals surface area contributed by atoms with Gasteiger partial charge in [-0.25, -0.2) is 0 Å². The van der Waals surface area contributed by atoms with Gasteiger partial charge in [-0.3, -0.25) is 9.69 Å². The number of rotatable bonds is 3. The fraction of sp³-hybridized carbons (Fsp3) is 0.200. The van der Waals surface area contributed by atoms with Crippen LogP contribution in [0.4, 0.5) is 11.4 Å². The van der Waals surface area contributed by atoms with Crippen molar-refractivity contribution in [2.24, 2.45) is 0 Å². The number of thiocarbonyl (C=S) groups is 1. The van der Waals surface area contributed by atoms with Crippen LogP contribution in [-0.2, 0) is 4.79 Å². The van der Waals surface area contributed by atoms with Crippen LogP contribution in [0.3, 0.4) is 0 Å². The molecule has 2 aromatic rings. The Morgan fingerprint density at radius 2 is 1.60 bits per heavy atom. The predicted octanol–water partition coefficient (Wildman–Crippen LogP) is 4.69. The summed E-state index contributed by atoms with van der Waals surface area (Å²) in [6.07, 6.45) is 4.46. The maximum Gasteiger partial charge on any atom is 0.270 e. The molecule has 2 aromatic carbocycles. The predicted molar refractivity (Wildman–Crippen MR) is 110 cm³/mol. The van der Waals surface area contributed by atoms with Gasteiger partial charge in [0.2, 0.25) is 0 Å². The first-order valence-electron chi connectivity index (χ1n) is 8.40. The van der Waals surface area contributed by atoms with Crippen molar-refractivity contribution in [3.05, 3.63) is 65.1 Å². The van der Waals surface area contributed by atoms with Crippen molar-refractivity contribution in [1.29, 1.82) is 0 Å². The third kappa shape index (κ3) is 3.34. The molecule has 0 radical (unpaired) electrons. The Labute approximate surface area is 157 Å². The standard InChI is InChI=1S/C20H18N2OS2/c23-19-18(25-20(24)22(19)17-6-2-1-3-7-17)14-15-8-10-16(11-9-15)21-12-4-5-13-21/h1-3,6-11,14H,4-5,12-13H2/b18-14+. The lowest BCUT2D eigenvalue weighted by Crippen LogP contribution is -2.27. The normalized spacial score (nSPS) is 19.3. The molecule has 3 nitrogen and oxygen atoms in total. The minimum absolute atomic E-state index is 0.0511. The van der Waals surface area contributed by atoms with Crippen LogP contribution in [0.1, 0.15) is 18.4 Å². The molecule has 1 amide bonds. The lowest BCUT2D eigenvalue weighted by Gasteiger charge is -2.17. The molecule has 0 aromatic heterocycles. The SMILES string of the molecule is O=C1/C(=C\c2ccc(N3CCCC3)cc2)SC(=S)N1c1ccccc1. The van der Waals surface area contributed by atoms with E-state index in [1.165, 1.54) is 30.3 Å². The molecule has 2 heterocycles. The zero-order valence-electron chi connectivity index (χ0n) is 13.7. The summed E-state index contributed by atoms with van der Waals surface area (Å²) in [5, 5.41) is 0. The van der Waals surface area contributed by atoms with Crippen molar-refractivity contribution in [1.82, 2.24) is 0 Å². The number of hydrogen-bond donors (Lipinski definition) is 0. The van der Waals surface area contributed by atoms with Crippen molar-refractivity contribution in [3.8, 4) is 0 Å². The first kappa shape index (κ1) is 16.4. The van der Waals surface area contributed by atoms with Gasteiger partial charge >= 0.3 is 0 Å². The van der Waals surface area contributed by atoms with Gasteiger partial charge in [0.25, 0.3) is 5.91 Å². The van der Waals surface area contributed by atoms with E-state index in [0.29, 0.717) is 9.23 Å². The molecule has 2 aliphatic rings. The number of carbonyl (C=O) groups excluding carboxylic acids is 1. The van der Waals surface area contributed by atoms with Crippen LogP contribution >= 0.6 is 24.0 Å². The van der Waals surface area contributed by atoms with Crippen molar-refractivity contribution >= 4 is 51.7 Å². The topological polar surface area (TPSA) is 23.6 Å². The van der Waals surface area contributed by atoms with E-state index in [1.54, 1.807) is 4.90 Å². The second-order valence-electron chi connectivity index (χ2n) is 6.14. The minimum atomic E-state index is -0.0511. The molecule has 2 fully saturated rings. The first-order valence-corrected chi connectivity index (χ1v) is 9.63. The molecule has 2 saturated heterocycles. The van der Waals surface area contributed by atoms with Crippen LogP contribution in [0.25, 0.3) is 6.08 Å². The van der Waals surface area contributed by atoms with Gasteiger partial charge in [-0.1, -0.05) is 54.3 Å². The van der Waals surface area contributed by atoms with Gasteiger partial charge in [-0.15, -0.1) is 0 Å². The summed E-state index contributed by atoms with van der Waals surface area (Å²) in [6, 6.07) is 18.0. The third-order valence-corrected chi connectivity index (χ3v) is 5.77. The largest absolute Gasteiger partial charge is 0.372 e. The Morgan fingerprint density at radius 3 is 2.28 bits per heavy atom. The van der Waals surface area contributed by atoms with E-state index >= 15 is 0 Å². The number of amides is 1. The molecule has 0 saturated carbocycles. The van der Waals surface area contributed by atoms with Crippen LogP contribution in [0.2, 0.25) is 0 Å². The molecule has 126 valence electrons. The quantitative estimate of drug-likeness (QED) is 0.581. The van der Waals surface area contributed by atoms with E-state index in [4.69, 9.17) is 12.2 Å². The molecule has 0 atom stereocenters. The molecular formula is C20H18N2OS2. The number of thioether (sulfide) groups is 1. The van der Waals surface area contributed by atoms with E-state index in [1.807, 2.05) is 36.4 Å². The smallest absolute Gasteiger partial charge is 0.270 e. The number of hydrogen-bond acceptors (Lipinski definition) is 4. The Morgan fingerprint density at radius 1 is 0.920 bits per heavy atom. The number of benzene rings is 2. The van der Waals surface area contributed by atoms with Crippen molar-refractivity contribution < 1.29 is 4.79 Å². The average Bonchev–Trinajstić information content (AvgIpc) is 3.26. The van der Waals surface area contributed by atoms with Crippen molar-refractivity contribution in [2.75, 3.05) is 22.9 Å². The van der Waals surface area contributed by atoms with Gasteiger partial charge in [0, 0.05) is 18.8 Å². The Hall–Kier alpha value is -2.11. The van der Waals surface area contributed by atoms with E-state index in [9.17, 15) is 4.79 Å². The van der Waals surface area contributed by atoms with Gasteiger partial charge in [-0.2, -0.15) is 0 Å². The highest BCUT2D eigenvalue weighted by molar-refractivity contribution is 8.27. The molecule has 0 bridgehead atoms. The zero-order valence-corrected chi connectivity index (χ0v) is 15.4. The van der Waals surface area contributed by atoms with E-state index in [-0.39, 0.29) is 5.91 Å². The van der Waals surface area contributed by atoms with Crippen molar-refractivity contribution in [2.45, 2.75) is 12.8 Å². The Bertz CT molecular complexity index is 825. The maximum absolute atomic E-state index is 12.7. The van der Waals surface area contributed by atoms with Crippen LogP contribution in [0, 0.1) is 0 Å². The van der Waals surface area contributed by atoms with Crippen LogP contribution < -0.4 is 9.80 Å². The molecule has 0 N–H and O–H groups in total. The number of anilines is 2. The second kappa shape index (κ2) is 7.02. The third-order valence-electron chi connectivity index (χ3n) is 4.47. The Balaban J connectivity index is 1.55. The van der Waals surface area contributed by atoms with Gasteiger partial charge in [-0.05, 0) is 48.7 Å². The van der Waals surface area contributed by atoms with Crippen LogP contribution in [0.5, 0.6) is 0 Å². The molecule has 2 aliphatic heterocycles. The van der Waals surface area contributed by atoms with Gasteiger partial charge in [0.15, 0.2) is 4.32 Å². The Kier molecular flexibility index (Phi) is 4.59. The second-order valence-corrected chi connectivity index (χ2v) is 7.81. The summed E-state index contributed by atoms with van der Waals surface area (Å²) < 4.78 is 0.580. The highest BCUT2D eigenvalue weighted by atomic mass is 32.2. The summed E-state index contributed by atoms with van der Waals surface area (Å²) in [7, 11) is 0. The first-order chi connectivity index (χ1) is 12.2. The zero-order chi connectivity index (χ0) is 17.2. The molecule has 4 rings (SSSR count). The van der Waals surface area contributed by atoms with Crippen LogP contribution in [-0.4, -0.2) is 23.3 Å². The highest BCUT2D eigenvalue weighted by Gasteiger charge is 2.33. The lowest BCUT2D eigenvalue weighted by molar-refractivity contribution is -0.113. The number of carbonyl (C=O) groups is 1. The molecule has 25 heavy (non-hydrogen) atoms. The fourth-order valence-electron chi connectivity index (χ4n) is 3.18. The number of para-hydroxylation sites is 1. The minimum Gasteiger partial charge on any atom is -0.372 e. The van der Waals surface area contributed by atoms with E-state index in [0.717, 1.165) is 24.3 Å². The van der Waals surface area contributed by atoms with Gasteiger partial charge < -0.3 is 4.90 Å². The lowest BCUT2D eigenvalue weighted by atomic mass is 10.1. The maximum atomic E-state index is 12.7. The monoisotopic (exact) mass is 366 g/mol. The fourth-order valence-corrected chi connectivity index (χ4v) is 4.47. The molecule has 0 aliphatic carbocycles. The number of nitrogens with zero attached hydrogens (tertiary/aromatic N) is 2. The molecule has 5 heteroatoms.